The lowest BCUT2D eigenvalue weighted by Crippen LogP contribution is -2.03. The van der Waals surface area contributed by atoms with Crippen molar-refractivity contribution < 1.29 is 28.9 Å². The number of esters is 2. The van der Waals surface area contributed by atoms with Crippen molar-refractivity contribution >= 4 is 34.6 Å². The molecule has 0 atom stereocenters. The molecule has 0 aliphatic carbocycles. The standard InChI is InChI=1S/C4H6N2O.C4H6O3.C2H3ClO.C2H6N2O/c1-3-5-4(2)7-6-3;1-3(5)7-4(2)6;1-2(3)4;1-2(3)4-5/h2*1-2H3;1H3;5H,1H3,(H2,3,4). The maximum absolute atomic E-state index is 9.81. The highest BCUT2D eigenvalue weighted by Crippen LogP contribution is 1.89. The Morgan fingerprint density at radius 2 is 1.52 bits per heavy atom. The molecule has 3 N–H and O–H groups in total. The van der Waals surface area contributed by atoms with Gasteiger partial charge < -0.3 is 20.2 Å². The van der Waals surface area contributed by atoms with Gasteiger partial charge in [0.05, 0.1) is 0 Å². The topological polar surface area (TPSA) is 158 Å². The van der Waals surface area contributed by atoms with E-state index in [0.717, 1.165) is 0 Å². The zero-order valence-electron chi connectivity index (χ0n) is 13.8. The number of nitrogens with two attached hydrogens (primary N) is 1. The quantitative estimate of drug-likeness (QED) is 0.133. The van der Waals surface area contributed by atoms with Crippen LogP contribution in [0.5, 0.6) is 0 Å². The third-order valence-corrected chi connectivity index (χ3v) is 1.07. The summed E-state index contributed by atoms with van der Waals surface area (Å²) >= 11 is 4.64. The van der Waals surface area contributed by atoms with Crippen molar-refractivity contribution in [3.05, 3.63) is 11.7 Å². The average molecular weight is 353 g/mol. The number of ether oxygens (including phenoxy) is 1. The van der Waals surface area contributed by atoms with Crippen LogP contribution in [0.25, 0.3) is 0 Å². The monoisotopic (exact) mass is 352 g/mol. The van der Waals surface area contributed by atoms with Gasteiger partial charge in [0.15, 0.2) is 5.82 Å². The summed E-state index contributed by atoms with van der Waals surface area (Å²) in [5.41, 5.74) is 4.79. The number of halogens is 1. The van der Waals surface area contributed by atoms with Crippen molar-refractivity contribution in [2.24, 2.45) is 10.9 Å². The molecule has 0 spiro atoms. The molecule has 0 saturated carbocycles. The summed E-state index contributed by atoms with van der Waals surface area (Å²) in [4.78, 5) is 32.7. The fourth-order valence-electron chi connectivity index (χ4n) is 0.603. The van der Waals surface area contributed by atoms with E-state index in [1.54, 1.807) is 13.8 Å². The van der Waals surface area contributed by atoms with Crippen LogP contribution in [0.1, 0.15) is 39.4 Å². The normalized spacial score (nSPS) is 8.91. The Morgan fingerprint density at radius 1 is 1.17 bits per heavy atom. The number of rotatable bonds is 0. The first-order valence-corrected chi connectivity index (χ1v) is 6.36. The minimum atomic E-state index is -0.562. The van der Waals surface area contributed by atoms with Gasteiger partial charge in [0.1, 0.15) is 5.84 Å². The third-order valence-electron chi connectivity index (χ3n) is 1.07. The van der Waals surface area contributed by atoms with Crippen LogP contribution in [0.3, 0.4) is 0 Å². The molecule has 0 aliphatic heterocycles. The molecule has 0 aromatic carbocycles. The lowest BCUT2D eigenvalue weighted by atomic mass is 10.7. The number of oxime groups is 1. The molecule has 0 fully saturated rings. The second-order valence-electron chi connectivity index (χ2n) is 3.66. The van der Waals surface area contributed by atoms with Gasteiger partial charge in [-0.2, -0.15) is 4.98 Å². The minimum Gasteiger partial charge on any atom is -0.409 e. The number of nitrogens with zero attached hydrogens (tertiary/aromatic N) is 3. The Labute approximate surface area is 138 Å². The van der Waals surface area contributed by atoms with E-state index < -0.39 is 11.9 Å². The highest BCUT2D eigenvalue weighted by molar-refractivity contribution is 6.62. The number of hydrogen-bond donors (Lipinski definition) is 2. The van der Waals surface area contributed by atoms with Crippen LogP contribution in [0, 0.1) is 13.8 Å². The van der Waals surface area contributed by atoms with Gasteiger partial charge in [0.2, 0.25) is 11.1 Å². The molecule has 10 nitrogen and oxygen atoms in total. The molecular formula is C12H21ClN4O6. The number of carbonyl (C=O) groups is 3. The molecule has 0 amide bonds. The Balaban J connectivity index is -0.000000239. The lowest BCUT2D eigenvalue weighted by Gasteiger charge is -1.87. The Kier molecular flexibility index (Phi) is 17.6. The summed E-state index contributed by atoms with van der Waals surface area (Å²) < 4.78 is 8.58. The number of aryl methyl sites for hydroxylation is 2. The predicted octanol–water partition coefficient (Wildman–Crippen LogP) is 1.31. The molecule has 1 aromatic rings. The molecule has 0 saturated heterocycles. The van der Waals surface area contributed by atoms with Crippen LogP contribution in [0.2, 0.25) is 0 Å². The zero-order valence-corrected chi connectivity index (χ0v) is 14.5. The zero-order chi connectivity index (χ0) is 19.0. The average Bonchev–Trinajstić information content (AvgIpc) is 2.72. The molecule has 1 rings (SSSR count). The largest absolute Gasteiger partial charge is 0.409 e. The van der Waals surface area contributed by atoms with Crippen molar-refractivity contribution in [3.63, 3.8) is 0 Å². The van der Waals surface area contributed by atoms with Crippen molar-refractivity contribution in [2.45, 2.75) is 41.5 Å². The van der Waals surface area contributed by atoms with Crippen molar-refractivity contribution in [1.82, 2.24) is 10.1 Å². The molecule has 23 heavy (non-hydrogen) atoms. The predicted molar refractivity (Wildman–Crippen MR) is 81.8 cm³/mol. The number of aromatic nitrogens is 2. The van der Waals surface area contributed by atoms with E-state index >= 15 is 0 Å². The molecule has 11 heteroatoms. The Morgan fingerprint density at radius 3 is 1.57 bits per heavy atom. The third kappa shape index (κ3) is 38.2. The van der Waals surface area contributed by atoms with Crippen molar-refractivity contribution in [2.75, 3.05) is 0 Å². The van der Waals surface area contributed by atoms with Gasteiger partial charge in [0, 0.05) is 27.7 Å². The molecule has 0 radical (unpaired) electrons. The highest BCUT2D eigenvalue weighted by atomic mass is 35.5. The van der Waals surface area contributed by atoms with E-state index in [4.69, 9.17) is 10.9 Å². The van der Waals surface area contributed by atoms with Gasteiger partial charge in [-0.25, -0.2) is 0 Å². The Hall–Kier alpha value is -2.49. The SMILES string of the molecule is C/C(N)=N\O.CC(=O)Cl.CC(=O)OC(C)=O.Cc1noc(C)n1. The first-order valence-electron chi connectivity index (χ1n) is 5.98. The highest BCUT2D eigenvalue weighted by Gasteiger charge is 1.93. The summed E-state index contributed by atoms with van der Waals surface area (Å²) in [6.07, 6.45) is 0. The molecular weight excluding hydrogens is 332 g/mol. The van der Waals surface area contributed by atoms with Crippen molar-refractivity contribution in [3.8, 4) is 0 Å². The van der Waals surface area contributed by atoms with Gasteiger partial charge in [-0.15, -0.1) is 0 Å². The summed E-state index contributed by atoms with van der Waals surface area (Å²) in [7, 11) is 0. The number of hydrogen-bond acceptors (Lipinski definition) is 9. The first kappa shape index (κ1) is 25.5. The van der Waals surface area contributed by atoms with E-state index in [2.05, 4.69) is 36.2 Å². The van der Waals surface area contributed by atoms with Gasteiger partial charge in [0.25, 0.3) is 0 Å². The maximum atomic E-state index is 9.81. The fourth-order valence-corrected chi connectivity index (χ4v) is 0.603. The van der Waals surface area contributed by atoms with E-state index in [1.807, 2.05) is 0 Å². The Bertz CT molecular complexity index is 479. The lowest BCUT2D eigenvalue weighted by molar-refractivity contribution is -0.156. The van der Waals surface area contributed by atoms with Crippen LogP contribution in [-0.2, 0) is 19.1 Å². The number of amidine groups is 1. The molecule has 132 valence electrons. The molecule has 1 aromatic heterocycles. The van der Waals surface area contributed by atoms with Gasteiger partial charge >= 0.3 is 11.9 Å². The summed E-state index contributed by atoms with van der Waals surface area (Å²) in [6, 6.07) is 0. The number of carbonyl (C=O) groups excluding carboxylic acids is 3. The van der Waals surface area contributed by atoms with Crippen LogP contribution < -0.4 is 5.73 Å². The smallest absolute Gasteiger partial charge is 0.310 e. The summed E-state index contributed by atoms with van der Waals surface area (Å²) in [5, 5.41) is 13.4. The van der Waals surface area contributed by atoms with Crippen LogP contribution >= 0.6 is 11.6 Å². The molecule has 0 bridgehead atoms. The molecule has 0 unspecified atom stereocenters. The maximum Gasteiger partial charge on any atom is 0.310 e. The van der Waals surface area contributed by atoms with E-state index in [1.165, 1.54) is 27.7 Å². The first-order chi connectivity index (χ1) is 10.4. The van der Waals surface area contributed by atoms with Crippen molar-refractivity contribution in [1.29, 1.82) is 0 Å². The minimum absolute atomic E-state index is 0.185. The van der Waals surface area contributed by atoms with Gasteiger partial charge in [-0.3, -0.25) is 14.4 Å². The fraction of sp³-hybridized carbons (Fsp3) is 0.500. The second kappa shape index (κ2) is 15.9. The van der Waals surface area contributed by atoms with Crippen LogP contribution in [-0.4, -0.2) is 38.4 Å². The summed E-state index contributed by atoms with van der Waals surface area (Å²) in [6.45, 7) is 8.71. The molecule has 0 aliphatic rings. The van der Waals surface area contributed by atoms with Crippen LogP contribution in [0.4, 0.5) is 0 Å². The summed E-state index contributed by atoms with van der Waals surface area (Å²) in [5.74, 6) is 0.375. The van der Waals surface area contributed by atoms with E-state index in [-0.39, 0.29) is 11.1 Å². The molecule has 1 heterocycles. The van der Waals surface area contributed by atoms with Gasteiger partial charge in [-0.1, -0.05) is 10.3 Å². The van der Waals surface area contributed by atoms with Crippen LogP contribution in [0.15, 0.2) is 9.68 Å². The van der Waals surface area contributed by atoms with Gasteiger partial charge in [-0.05, 0) is 25.4 Å². The van der Waals surface area contributed by atoms with E-state index in [9.17, 15) is 14.4 Å². The van der Waals surface area contributed by atoms with E-state index in [0.29, 0.717) is 11.7 Å². The second-order valence-corrected chi connectivity index (χ2v) is 4.19.